The van der Waals surface area contributed by atoms with Crippen molar-refractivity contribution < 1.29 is 14.3 Å². The molecule has 0 bridgehead atoms. The topological polar surface area (TPSA) is 83.1 Å². The number of carbonyl (C=O) groups is 1. The molecule has 9 heteroatoms. The van der Waals surface area contributed by atoms with E-state index in [0.29, 0.717) is 18.6 Å². The molecule has 4 aliphatic rings. The predicted molar refractivity (Wildman–Crippen MR) is 143 cm³/mol. The number of fused-ring (bicyclic) bond motifs is 2. The monoisotopic (exact) mass is 504 g/mol. The summed E-state index contributed by atoms with van der Waals surface area (Å²) in [6, 6.07) is 4.69. The molecular formula is C28H36N6O3. The number of amides is 1. The lowest BCUT2D eigenvalue weighted by Gasteiger charge is -2.36. The lowest BCUT2D eigenvalue weighted by atomic mass is 9.91. The number of nitrogens with one attached hydrogen (secondary N) is 1. The molecule has 6 rings (SSSR count). The van der Waals surface area contributed by atoms with Gasteiger partial charge >= 0.3 is 0 Å². The van der Waals surface area contributed by atoms with Gasteiger partial charge in [0.15, 0.2) is 5.75 Å². The van der Waals surface area contributed by atoms with E-state index in [-0.39, 0.29) is 5.91 Å². The first-order chi connectivity index (χ1) is 18.1. The number of anilines is 3. The molecule has 1 amide bonds. The number of hydrogen-bond acceptors (Lipinski definition) is 8. The zero-order chi connectivity index (χ0) is 25.4. The Morgan fingerprint density at radius 3 is 2.76 bits per heavy atom. The highest BCUT2D eigenvalue weighted by Crippen LogP contribution is 2.40. The molecular weight excluding hydrogens is 468 g/mol. The summed E-state index contributed by atoms with van der Waals surface area (Å²) < 4.78 is 11.9. The van der Waals surface area contributed by atoms with Crippen LogP contribution in [0.5, 0.6) is 5.75 Å². The van der Waals surface area contributed by atoms with E-state index in [4.69, 9.17) is 14.5 Å². The van der Waals surface area contributed by atoms with Crippen LogP contribution in [-0.4, -0.2) is 84.2 Å². The van der Waals surface area contributed by atoms with Gasteiger partial charge in [-0.05, 0) is 57.5 Å². The first-order valence-electron chi connectivity index (χ1n) is 13.5. The quantitative estimate of drug-likeness (QED) is 0.636. The molecule has 3 fully saturated rings. The fraction of sp³-hybridized carbons (Fsp3) is 0.536. The lowest BCUT2D eigenvalue weighted by Crippen LogP contribution is -2.43. The van der Waals surface area contributed by atoms with E-state index in [2.05, 4.69) is 38.8 Å². The number of nitrogens with zero attached hydrogens (tertiary/aromatic N) is 5. The van der Waals surface area contributed by atoms with Crippen molar-refractivity contribution in [2.75, 3.05) is 62.7 Å². The standard InChI is InChI=1S/C28H36N6O3/c1-3-26(35)34-11-7-21(17-34)32-9-5-20(6-10-32)23-16-24-27(19(2)30-23)37-18-22-25(4-8-29-28(22)31-24)33-12-14-36-15-13-33/h3-4,8,16,20-21H,1,5-7,9-15,17-18H2,2H3,(H,29,31)/t21-/m1/s1. The fourth-order valence-corrected chi connectivity index (χ4v) is 6.20. The highest BCUT2D eigenvalue weighted by molar-refractivity contribution is 5.87. The van der Waals surface area contributed by atoms with Crippen molar-refractivity contribution in [2.24, 2.45) is 0 Å². The van der Waals surface area contributed by atoms with Crippen molar-refractivity contribution in [3.8, 4) is 5.75 Å². The Labute approximate surface area is 218 Å². The van der Waals surface area contributed by atoms with Gasteiger partial charge in [-0.1, -0.05) is 6.58 Å². The summed E-state index contributed by atoms with van der Waals surface area (Å²) in [5.74, 6) is 2.12. The van der Waals surface area contributed by atoms with E-state index in [1.54, 1.807) is 0 Å². The van der Waals surface area contributed by atoms with Crippen LogP contribution < -0.4 is 15.0 Å². The van der Waals surface area contributed by atoms with Crippen molar-refractivity contribution in [3.63, 3.8) is 0 Å². The van der Waals surface area contributed by atoms with Crippen molar-refractivity contribution >= 4 is 23.1 Å². The fourth-order valence-electron chi connectivity index (χ4n) is 6.20. The maximum atomic E-state index is 12.0. The third kappa shape index (κ3) is 4.78. The third-order valence-electron chi connectivity index (χ3n) is 8.27. The molecule has 37 heavy (non-hydrogen) atoms. The summed E-state index contributed by atoms with van der Waals surface area (Å²) in [5, 5.41) is 3.59. The number of likely N-dealkylation sites (tertiary alicyclic amines) is 2. The number of pyridine rings is 2. The highest BCUT2D eigenvalue weighted by atomic mass is 16.5. The number of aromatic nitrogens is 2. The van der Waals surface area contributed by atoms with Crippen molar-refractivity contribution in [1.82, 2.24) is 19.8 Å². The van der Waals surface area contributed by atoms with Crippen LogP contribution in [0.15, 0.2) is 31.0 Å². The van der Waals surface area contributed by atoms with E-state index in [0.717, 1.165) is 112 Å². The van der Waals surface area contributed by atoms with E-state index in [9.17, 15) is 4.79 Å². The Bertz CT molecular complexity index is 1170. The van der Waals surface area contributed by atoms with Gasteiger partial charge in [0.2, 0.25) is 5.91 Å². The van der Waals surface area contributed by atoms with E-state index >= 15 is 0 Å². The molecule has 0 spiro atoms. The van der Waals surface area contributed by atoms with Crippen LogP contribution in [0.2, 0.25) is 0 Å². The molecule has 3 saturated heterocycles. The lowest BCUT2D eigenvalue weighted by molar-refractivity contribution is -0.125. The van der Waals surface area contributed by atoms with Gasteiger partial charge in [-0.15, -0.1) is 0 Å². The SMILES string of the molecule is C=CC(=O)N1CC[C@@H](N2CCC(c3cc4c(c(C)n3)OCc3c(N5CCOCC5)ccnc3N4)CC2)C1. The number of hydrogen-bond donors (Lipinski definition) is 1. The molecule has 0 aliphatic carbocycles. The van der Waals surface area contributed by atoms with Crippen LogP contribution in [0.4, 0.5) is 17.2 Å². The van der Waals surface area contributed by atoms with Gasteiger partial charge in [0.1, 0.15) is 12.4 Å². The maximum Gasteiger partial charge on any atom is 0.246 e. The van der Waals surface area contributed by atoms with Gasteiger partial charge in [-0.2, -0.15) is 0 Å². The Hall–Kier alpha value is -3.17. The summed E-state index contributed by atoms with van der Waals surface area (Å²) in [6.07, 6.45) is 6.47. The first-order valence-corrected chi connectivity index (χ1v) is 13.5. The van der Waals surface area contributed by atoms with Crippen LogP contribution in [-0.2, 0) is 16.1 Å². The second-order valence-electron chi connectivity index (χ2n) is 10.4. The van der Waals surface area contributed by atoms with E-state index in [1.165, 1.54) is 6.08 Å². The third-order valence-corrected chi connectivity index (χ3v) is 8.27. The summed E-state index contributed by atoms with van der Waals surface area (Å²) in [6.45, 7) is 13.0. The molecule has 9 nitrogen and oxygen atoms in total. The number of morpholine rings is 1. The van der Waals surface area contributed by atoms with E-state index in [1.807, 2.05) is 18.0 Å². The van der Waals surface area contributed by atoms with Gasteiger partial charge < -0.3 is 24.6 Å². The van der Waals surface area contributed by atoms with Gasteiger partial charge in [0.05, 0.1) is 30.2 Å². The number of piperidine rings is 1. The zero-order valence-corrected chi connectivity index (χ0v) is 21.6. The minimum atomic E-state index is 0.0462. The molecule has 1 N–H and O–H groups in total. The first kappa shape index (κ1) is 24.2. The van der Waals surface area contributed by atoms with E-state index < -0.39 is 0 Å². The molecule has 2 aromatic rings. The Morgan fingerprint density at radius 2 is 1.97 bits per heavy atom. The van der Waals surface area contributed by atoms with Crippen molar-refractivity contribution in [2.45, 2.75) is 44.8 Å². The molecule has 4 aliphatic heterocycles. The van der Waals surface area contributed by atoms with Crippen LogP contribution in [0.3, 0.4) is 0 Å². The van der Waals surface area contributed by atoms with Crippen molar-refractivity contribution in [1.29, 1.82) is 0 Å². The number of ether oxygens (including phenoxy) is 2. The van der Waals surface area contributed by atoms with Gasteiger partial charge in [-0.3, -0.25) is 14.7 Å². The van der Waals surface area contributed by atoms with Gasteiger partial charge in [0, 0.05) is 55.7 Å². The Balaban J connectivity index is 1.16. The molecule has 196 valence electrons. The average Bonchev–Trinajstić information content (AvgIpc) is 3.35. The molecule has 6 heterocycles. The number of rotatable bonds is 4. The Kier molecular flexibility index (Phi) is 6.73. The summed E-state index contributed by atoms with van der Waals surface area (Å²) >= 11 is 0. The highest BCUT2D eigenvalue weighted by Gasteiger charge is 2.33. The number of aryl methyl sites for hydroxylation is 1. The molecule has 1 atom stereocenters. The predicted octanol–water partition coefficient (Wildman–Crippen LogP) is 3.22. The minimum absolute atomic E-state index is 0.0462. The molecule has 0 radical (unpaired) electrons. The van der Waals surface area contributed by atoms with Crippen LogP contribution in [0.1, 0.15) is 42.1 Å². The number of carbonyl (C=O) groups excluding carboxylic acids is 1. The maximum absolute atomic E-state index is 12.0. The molecule has 0 saturated carbocycles. The van der Waals surface area contributed by atoms with Gasteiger partial charge in [0.25, 0.3) is 0 Å². The van der Waals surface area contributed by atoms with Crippen LogP contribution in [0, 0.1) is 6.92 Å². The second kappa shape index (κ2) is 10.3. The Morgan fingerprint density at radius 1 is 1.16 bits per heavy atom. The summed E-state index contributed by atoms with van der Waals surface area (Å²) in [5.41, 5.74) is 5.22. The molecule has 2 aromatic heterocycles. The molecule has 0 aromatic carbocycles. The van der Waals surface area contributed by atoms with Gasteiger partial charge in [-0.25, -0.2) is 4.98 Å². The zero-order valence-electron chi connectivity index (χ0n) is 21.6. The average molecular weight is 505 g/mol. The largest absolute Gasteiger partial charge is 0.485 e. The normalized spacial score (nSPS) is 22.5. The van der Waals surface area contributed by atoms with Crippen LogP contribution in [0.25, 0.3) is 0 Å². The second-order valence-corrected chi connectivity index (χ2v) is 10.4. The minimum Gasteiger partial charge on any atom is -0.485 e. The van der Waals surface area contributed by atoms with Crippen molar-refractivity contribution in [3.05, 3.63) is 47.9 Å². The smallest absolute Gasteiger partial charge is 0.246 e. The van der Waals surface area contributed by atoms with Crippen LogP contribution >= 0.6 is 0 Å². The molecule has 0 unspecified atom stereocenters. The summed E-state index contributed by atoms with van der Waals surface area (Å²) in [7, 11) is 0. The summed E-state index contributed by atoms with van der Waals surface area (Å²) in [4.78, 5) is 28.5.